The molecule has 4 aliphatic carbocycles. The maximum atomic E-state index is 12.1. The summed E-state index contributed by atoms with van der Waals surface area (Å²) in [6.45, 7) is 0.774. The van der Waals surface area contributed by atoms with Gasteiger partial charge in [0.15, 0.2) is 0 Å². The summed E-state index contributed by atoms with van der Waals surface area (Å²) in [5, 5.41) is 2.96. The highest BCUT2D eigenvalue weighted by Crippen LogP contribution is 2.59. The second-order valence-corrected chi connectivity index (χ2v) is 7.77. The van der Waals surface area contributed by atoms with Gasteiger partial charge in [-0.2, -0.15) is 0 Å². The quantitative estimate of drug-likeness (QED) is 0.833. The summed E-state index contributed by atoms with van der Waals surface area (Å²) in [6.07, 6.45) is 9.04. The third-order valence-electron chi connectivity index (χ3n) is 6.44. The van der Waals surface area contributed by atoms with Gasteiger partial charge in [-0.3, -0.25) is 4.79 Å². The number of aromatic amines is 1. The van der Waals surface area contributed by atoms with Crippen molar-refractivity contribution in [3.8, 4) is 0 Å². The van der Waals surface area contributed by atoms with Gasteiger partial charge in [-0.25, -0.2) is 4.98 Å². The van der Waals surface area contributed by atoms with E-state index in [1.54, 1.807) is 0 Å². The van der Waals surface area contributed by atoms with E-state index in [0.29, 0.717) is 11.6 Å². The van der Waals surface area contributed by atoms with Gasteiger partial charge in [0.25, 0.3) is 5.91 Å². The first-order chi connectivity index (χ1) is 10.3. The van der Waals surface area contributed by atoms with Crippen molar-refractivity contribution in [2.24, 2.45) is 23.7 Å². The molecule has 0 radical (unpaired) electrons. The molecule has 0 unspecified atom stereocenters. The smallest absolute Gasteiger partial charge is 0.271 e. The van der Waals surface area contributed by atoms with Crippen LogP contribution in [0.1, 0.15) is 66.4 Å². The fourth-order valence-corrected chi connectivity index (χ4v) is 5.88. The van der Waals surface area contributed by atoms with Gasteiger partial charge >= 0.3 is 0 Å². The molecule has 4 heteroatoms. The molecule has 4 bridgehead atoms. The minimum absolute atomic E-state index is 0.0221. The number of imidazole rings is 1. The number of rotatable bonds is 1. The predicted molar refractivity (Wildman–Crippen MR) is 79.0 cm³/mol. The van der Waals surface area contributed by atoms with Gasteiger partial charge in [-0.1, -0.05) is 0 Å². The Morgan fingerprint density at radius 1 is 1.00 bits per heavy atom. The lowest BCUT2D eigenvalue weighted by atomic mass is 9.52. The van der Waals surface area contributed by atoms with E-state index in [9.17, 15) is 4.79 Å². The predicted octanol–water partition coefficient (Wildman–Crippen LogP) is 2.63. The van der Waals surface area contributed by atoms with Gasteiger partial charge in [0.05, 0.1) is 0 Å². The lowest BCUT2D eigenvalue weighted by Gasteiger charge is -2.53. The number of carbonyl (C=O) groups is 1. The number of nitrogens with zero attached hydrogens (tertiary/aromatic N) is 1. The molecule has 5 aliphatic rings. The minimum atomic E-state index is 0.0221. The van der Waals surface area contributed by atoms with E-state index in [1.165, 1.54) is 32.1 Å². The van der Waals surface area contributed by atoms with Crippen LogP contribution in [0.15, 0.2) is 0 Å². The molecule has 1 aromatic heterocycles. The highest BCUT2D eigenvalue weighted by molar-refractivity contribution is 5.93. The highest BCUT2D eigenvalue weighted by Gasteiger charge is 2.49. The Kier molecular flexibility index (Phi) is 2.53. The van der Waals surface area contributed by atoms with Crippen LogP contribution in [0.4, 0.5) is 0 Å². The Balaban J connectivity index is 1.51. The van der Waals surface area contributed by atoms with Crippen LogP contribution in [0.2, 0.25) is 0 Å². The molecular weight excluding hydrogens is 262 g/mol. The minimum Gasteiger partial charge on any atom is -0.351 e. The van der Waals surface area contributed by atoms with E-state index in [2.05, 4.69) is 10.3 Å². The van der Waals surface area contributed by atoms with Crippen molar-refractivity contribution >= 4 is 5.91 Å². The van der Waals surface area contributed by atoms with Crippen LogP contribution >= 0.6 is 0 Å². The number of hydrogen-bond donors (Lipinski definition) is 2. The molecule has 0 atom stereocenters. The first-order valence-corrected chi connectivity index (χ1v) is 8.65. The summed E-state index contributed by atoms with van der Waals surface area (Å²) in [5.41, 5.74) is 1.75. The Bertz CT molecular complexity index is 563. The van der Waals surface area contributed by atoms with Gasteiger partial charge in [-0.15, -0.1) is 0 Å². The number of carbonyl (C=O) groups excluding carboxylic acids is 1. The van der Waals surface area contributed by atoms with Crippen molar-refractivity contribution in [1.82, 2.24) is 15.3 Å². The van der Waals surface area contributed by atoms with Gasteiger partial charge in [0.2, 0.25) is 0 Å². The number of H-pyrrole nitrogens is 1. The van der Waals surface area contributed by atoms with Crippen molar-refractivity contribution in [3.05, 3.63) is 17.2 Å². The second kappa shape index (κ2) is 4.34. The van der Waals surface area contributed by atoms with Crippen molar-refractivity contribution in [2.45, 2.75) is 50.9 Å². The van der Waals surface area contributed by atoms with Gasteiger partial charge in [0, 0.05) is 18.2 Å². The molecule has 1 amide bonds. The molecular formula is C17H23N3O. The number of amides is 1. The molecule has 4 nitrogen and oxygen atoms in total. The van der Waals surface area contributed by atoms with Crippen LogP contribution in [-0.2, 0) is 6.42 Å². The zero-order valence-corrected chi connectivity index (χ0v) is 12.4. The molecule has 21 heavy (non-hydrogen) atoms. The van der Waals surface area contributed by atoms with Gasteiger partial charge < -0.3 is 10.3 Å². The molecule has 0 aromatic carbocycles. The normalized spacial score (nSPS) is 40.8. The van der Waals surface area contributed by atoms with E-state index >= 15 is 0 Å². The summed E-state index contributed by atoms with van der Waals surface area (Å²) < 4.78 is 0. The van der Waals surface area contributed by atoms with Crippen LogP contribution in [0.25, 0.3) is 0 Å². The van der Waals surface area contributed by atoms with Crippen LogP contribution in [0.5, 0.6) is 0 Å². The van der Waals surface area contributed by atoms with Crippen molar-refractivity contribution < 1.29 is 4.79 Å². The van der Waals surface area contributed by atoms with E-state index in [4.69, 9.17) is 4.98 Å². The van der Waals surface area contributed by atoms with Crippen LogP contribution < -0.4 is 5.32 Å². The number of aryl methyl sites for hydroxylation is 1. The lowest BCUT2D eigenvalue weighted by Crippen LogP contribution is -2.44. The number of fused-ring (bicyclic) bond motifs is 1. The standard InChI is InChI=1S/C17H23N3O/c21-17-15-13(2-1-3-18-17)19-16(20-15)14-11-5-9-4-10(7-11)8-12(14)6-9/h9-12,14H,1-8H2,(H,18,21)(H,19,20). The van der Waals surface area contributed by atoms with Crippen LogP contribution in [-0.4, -0.2) is 22.4 Å². The molecule has 4 saturated carbocycles. The van der Waals surface area contributed by atoms with E-state index in [1.807, 2.05) is 0 Å². The first-order valence-electron chi connectivity index (χ1n) is 8.65. The zero-order chi connectivity index (χ0) is 14.0. The summed E-state index contributed by atoms with van der Waals surface area (Å²) in [6, 6.07) is 0. The third kappa shape index (κ3) is 1.80. The first kappa shape index (κ1) is 12.2. The maximum Gasteiger partial charge on any atom is 0.271 e. The van der Waals surface area contributed by atoms with Gasteiger partial charge in [-0.05, 0) is 68.6 Å². The Morgan fingerprint density at radius 3 is 2.43 bits per heavy atom. The average Bonchev–Trinajstić information content (AvgIpc) is 2.79. The SMILES string of the molecule is O=C1NCCCc2[nH]c(C3C4CC5CC(C4)CC3C5)nc21. The second-order valence-electron chi connectivity index (χ2n) is 7.77. The largest absolute Gasteiger partial charge is 0.351 e. The summed E-state index contributed by atoms with van der Waals surface area (Å²) in [5.74, 6) is 5.36. The van der Waals surface area contributed by atoms with Gasteiger partial charge in [0.1, 0.15) is 11.5 Å². The van der Waals surface area contributed by atoms with E-state index in [0.717, 1.165) is 54.6 Å². The fraction of sp³-hybridized carbons (Fsp3) is 0.765. The van der Waals surface area contributed by atoms with Crippen molar-refractivity contribution in [1.29, 1.82) is 0 Å². The van der Waals surface area contributed by atoms with Crippen molar-refractivity contribution in [2.75, 3.05) is 6.54 Å². The molecule has 2 N–H and O–H groups in total. The molecule has 1 aromatic rings. The van der Waals surface area contributed by atoms with Crippen LogP contribution in [0, 0.1) is 23.7 Å². The molecule has 2 heterocycles. The number of hydrogen-bond acceptors (Lipinski definition) is 2. The van der Waals surface area contributed by atoms with E-state index < -0.39 is 0 Å². The Morgan fingerprint density at radius 2 is 1.71 bits per heavy atom. The molecule has 0 saturated heterocycles. The molecule has 0 spiro atoms. The number of aromatic nitrogens is 2. The van der Waals surface area contributed by atoms with E-state index in [-0.39, 0.29) is 5.91 Å². The third-order valence-corrected chi connectivity index (χ3v) is 6.44. The summed E-state index contributed by atoms with van der Waals surface area (Å²) in [7, 11) is 0. The molecule has 4 fully saturated rings. The molecule has 112 valence electrons. The summed E-state index contributed by atoms with van der Waals surface area (Å²) in [4.78, 5) is 20.4. The Hall–Kier alpha value is -1.32. The van der Waals surface area contributed by atoms with Crippen LogP contribution in [0.3, 0.4) is 0 Å². The zero-order valence-electron chi connectivity index (χ0n) is 12.4. The maximum absolute atomic E-state index is 12.1. The average molecular weight is 285 g/mol. The fourth-order valence-electron chi connectivity index (χ4n) is 5.88. The lowest BCUT2D eigenvalue weighted by molar-refractivity contribution is -0.00544. The highest BCUT2D eigenvalue weighted by atomic mass is 16.1. The molecule has 1 aliphatic heterocycles. The number of nitrogens with one attached hydrogen (secondary N) is 2. The Labute approximate surface area is 125 Å². The monoisotopic (exact) mass is 285 g/mol. The molecule has 6 rings (SSSR count). The topological polar surface area (TPSA) is 57.8 Å². The van der Waals surface area contributed by atoms with Crippen molar-refractivity contribution in [3.63, 3.8) is 0 Å². The summed E-state index contributed by atoms with van der Waals surface area (Å²) >= 11 is 0.